The molecule has 1 aromatic carbocycles. The average molecular weight is 248 g/mol. The van der Waals surface area contributed by atoms with E-state index in [1.54, 1.807) is 14.2 Å². The van der Waals surface area contributed by atoms with Crippen LogP contribution in [-0.4, -0.2) is 19.3 Å². The van der Waals surface area contributed by atoms with Crippen molar-refractivity contribution in [3.05, 3.63) is 23.8 Å². The second-order valence-corrected chi connectivity index (χ2v) is 5.36. The van der Waals surface area contributed by atoms with Crippen molar-refractivity contribution in [2.45, 2.75) is 31.3 Å². The molecule has 2 aliphatic carbocycles. The van der Waals surface area contributed by atoms with Gasteiger partial charge in [0.05, 0.1) is 19.8 Å². The van der Waals surface area contributed by atoms with Crippen LogP contribution in [0.2, 0.25) is 0 Å². The SMILES string of the molecule is COc1cccc(OC)c1C1(O)C2CCCCC21. The highest BCUT2D eigenvalue weighted by atomic mass is 16.5. The summed E-state index contributed by atoms with van der Waals surface area (Å²) >= 11 is 0. The van der Waals surface area contributed by atoms with E-state index in [9.17, 15) is 5.11 Å². The van der Waals surface area contributed by atoms with Crippen LogP contribution < -0.4 is 9.47 Å². The molecule has 0 bridgehead atoms. The molecular formula is C15H20O3. The summed E-state index contributed by atoms with van der Waals surface area (Å²) in [5, 5.41) is 11.0. The maximum atomic E-state index is 11.0. The van der Waals surface area contributed by atoms with E-state index in [2.05, 4.69) is 0 Å². The molecule has 2 aliphatic rings. The third-order valence-corrected chi connectivity index (χ3v) is 4.62. The summed E-state index contributed by atoms with van der Waals surface area (Å²) in [5.41, 5.74) is 0.126. The predicted molar refractivity (Wildman–Crippen MR) is 68.9 cm³/mol. The molecule has 0 heterocycles. The molecule has 0 saturated heterocycles. The fourth-order valence-electron chi connectivity index (χ4n) is 3.71. The van der Waals surface area contributed by atoms with Crippen molar-refractivity contribution in [3.8, 4) is 11.5 Å². The third kappa shape index (κ3) is 1.46. The van der Waals surface area contributed by atoms with Crippen LogP contribution in [0.25, 0.3) is 0 Å². The number of benzene rings is 1. The molecule has 2 unspecified atom stereocenters. The monoisotopic (exact) mass is 248 g/mol. The highest BCUT2D eigenvalue weighted by Gasteiger charge is 2.66. The minimum absolute atomic E-state index is 0.386. The lowest BCUT2D eigenvalue weighted by atomic mass is 10.0. The zero-order valence-corrected chi connectivity index (χ0v) is 11.0. The standard InChI is InChI=1S/C15H20O3/c1-17-12-8-5-9-13(18-2)14(12)15(16)10-6-3-4-7-11(10)15/h5,8-11,16H,3-4,6-7H2,1-2H3. The Bertz CT molecular complexity index is 421. The molecule has 0 aromatic heterocycles. The van der Waals surface area contributed by atoms with Gasteiger partial charge in [-0.1, -0.05) is 18.9 Å². The van der Waals surface area contributed by atoms with Crippen LogP contribution in [0.15, 0.2) is 18.2 Å². The van der Waals surface area contributed by atoms with E-state index >= 15 is 0 Å². The van der Waals surface area contributed by atoms with Crippen LogP contribution in [0.4, 0.5) is 0 Å². The van der Waals surface area contributed by atoms with Crippen molar-refractivity contribution >= 4 is 0 Å². The van der Waals surface area contributed by atoms with Gasteiger partial charge in [-0.2, -0.15) is 0 Å². The minimum atomic E-state index is -0.728. The summed E-state index contributed by atoms with van der Waals surface area (Å²) in [7, 11) is 3.29. The molecule has 2 atom stereocenters. The van der Waals surface area contributed by atoms with Gasteiger partial charge in [0, 0.05) is 0 Å². The Morgan fingerprint density at radius 3 is 2.00 bits per heavy atom. The van der Waals surface area contributed by atoms with Gasteiger partial charge in [-0.25, -0.2) is 0 Å². The second-order valence-electron chi connectivity index (χ2n) is 5.36. The van der Waals surface area contributed by atoms with Crippen LogP contribution in [0.1, 0.15) is 31.2 Å². The second kappa shape index (κ2) is 4.16. The lowest BCUT2D eigenvalue weighted by molar-refractivity contribution is 0.111. The number of ether oxygens (including phenoxy) is 2. The number of hydrogen-bond acceptors (Lipinski definition) is 3. The van der Waals surface area contributed by atoms with Crippen molar-refractivity contribution in [1.29, 1.82) is 0 Å². The van der Waals surface area contributed by atoms with Gasteiger partial charge >= 0.3 is 0 Å². The minimum Gasteiger partial charge on any atom is -0.496 e. The molecule has 98 valence electrons. The molecule has 3 nitrogen and oxygen atoms in total. The normalized spacial score (nSPS) is 33.7. The Morgan fingerprint density at radius 1 is 1.06 bits per heavy atom. The Balaban J connectivity index is 2.06. The van der Waals surface area contributed by atoms with Crippen LogP contribution in [0.5, 0.6) is 11.5 Å². The van der Waals surface area contributed by atoms with Crippen LogP contribution in [0.3, 0.4) is 0 Å². The smallest absolute Gasteiger partial charge is 0.128 e. The topological polar surface area (TPSA) is 38.7 Å². The van der Waals surface area contributed by atoms with Crippen molar-refractivity contribution in [2.75, 3.05) is 14.2 Å². The Labute approximate surface area is 108 Å². The lowest BCUT2D eigenvalue weighted by Gasteiger charge is -2.19. The van der Waals surface area contributed by atoms with E-state index in [0.29, 0.717) is 11.8 Å². The van der Waals surface area contributed by atoms with Gasteiger partial charge in [0.1, 0.15) is 17.1 Å². The molecule has 3 heteroatoms. The van der Waals surface area contributed by atoms with E-state index in [1.807, 2.05) is 18.2 Å². The van der Waals surface area contributed by atoms with Gasteiger partial charge in [0.2, 0.25) is 0 Å². The highest BCUT2D eigenvalue weighted by molar-refractivity contribution is 5.52. The van der Waals surface area contributed by atoms with Crippen molar-refractivity contribution in [2.24, 2.45) is 11.8 Å². The molecule has 0 aliphatic heterocycles. The number of rotatable bonds is 3. The Morgan fingerprint density at radius 2 is 1.56 bits per heavy atom. The molecule has 0 amide bonds. The largest absolute Gasteiger partial charge is 0.496 e. The maximum Gasteiger partial charge on any atom is 0.128 e. The number of methoxy groups -OCH3 is 2. The first-order chi connectivity index (χ1) is 8.73. The quantitative estimate of drug-likeness (QED) is 0.894. The van der Waals surface area contributed by atoms with Gasteiger partial charge < -0.3 is 14.6 Å². The van der Waals surface area contributed by atoms with Gasteiger partial charge in [0.15, 0.2) is 0 Å². The number of hydrogen-bond donors (Lipinski definition) is 1. The number of aliphatic hydroxyl groups is 1. The van der Waals surface area contributed by atoms with E-state index in [-0.39, 0.29) is 0 Å². The lowest BCUT2D eigenvalue weighted by Crippen LogP contribution is -2.13. The summed E-state index contributed by atoms with van der Waals surface area (Å²) in [6.07, 6.45) is 4.67. The molecule has 18 heavy (non-hydrogen) atoms. The summed E-state index contributed by atoms with van der Waals surface area (Å²) in [6, 6.07) is 5.71. The zero-order valence-electron chi connectivity index (χ0n) is 11.0. The van der Waals surface area contributed by atoms with Gasteiger partial charge in [-0.3, -0.25) is 0 Å². The fraction of sp³-hybridized carbons (Fsp3) is 0.600. The van der Waals surface area contributed by atoms with E-state index in [0.717, 1.165) is 29.9 Å². The number of fused-ring (bicyclic) bond motifs is 1. The molecule has 1 aromatic rings. The summed E-state index contributed by atoms with van der Waals surface area (Å²) in [6.45, 7) is 0. The van der Waals surface area contributed by atoms with E-state index < -0.39 is 5.60 Å². The average Bonchev–Trinajstić information content (AvgIpc) is 3.05. The van der Waals surface area contributed by atoms with Crippen LogP contribution >= 0.6 is 0 Å². The van der Waals surface area contributed by atoms with Crippen molar-refractivity contribution in [3.63, 3.8) is 0 Å². The van der Waals surface area contributed by atoms with E-state index in [4.69, 9.17) is 9.47 Å². The summed E-state index contributed by atoms with van der Waals surface area (Å²) in [4.78, 5) is 0. The molecule has 2 fully saturated rings. The van der Waals surface area contributed by atoms with E-state index in [1.165, 1.54) is 12.8 Å². The molecule has 2 saturated carbocycles. The Hall–Kier alpha value is -1.22. The highest BCUT2D eigenvalue weighted by Crippen LogP contribution is 2.67. The molecule has 1 N–H and O–H groups in total. The first kappa shape index (κ1) is 11.8. The first-order valence-electron chi connectivity index (χ1n) is 6.67. The molecule has 0 spiro atoms. The predicted octanol–water partition coefficient (Wildman–Crippen LogP) is 2.71. The molecule has 3 rings (SSSR count). The Kier molecular flexibility index (Phi) is 2.74. The summed E-state index contributed by atoms with van der Waals surface area (Å²) < 4.78 is 10.8. The first-order valence-corrected chi connectivity index (χ1v) is 6.67. The van der Waals surface area contributed by atoms with Gasteiger partial charge in [0.25, 0.3) is 0 Å². The van der Waals surface area contributed by atoms with Crippen molar-refractivity contribution < 1.29 is 14.6 Å². The molecular weight excluding hydrogens is 228 g/mol. The van der Waals surface area contributed by atoms with Crippen LogP contribution in [0, 0.1) is 11.8 Å². The summed E-state index contributed by atoms with van der Waals surface area (Å²) in [5.74, 6) is 2.26. The van der Waals surface area contributed by atoms with Gasteiger partial charge in [-0.15, -0.1) is 0 Å². The third-order valence-electron chi connectivity index (χ3n) is 4.62. The van der Waals surface area contributed by atoms with Gasteiger partial charge in [-0.05, 0) is 36.8 Å². The zero-order chi connectivity index (χ0) is 12.8. The van der Waals surface area contributed by atoms with Crippen LogP contribution in [-0.2, 0) is 5.60 Å². The molecule has 0 radical (unpaired) electrons. The fourth-order valence-corrected chi connectivity index (χ4v) is 3.71. The maximum absolute atomic E-state index is 11.0. The van der Waals surface area contributed by atoms with Crippen molar-refractivity contribution in [1.82, 2.24) is 0 Å².